The first kappa shape index (κ1) is 31.3. The van der Waals surface area contributed by atoms with E-state index < -0.39 is 5.54 Å². The topological polar surface area (TPSA) is 67.4 Å². The van der Waals surface area contributed by atoms with Crippen molar-refractivity contribution in [3.8, 4) is 0 Å². The molecule has 35 heavy (non-hydrogen) atoms. The molecule has 1 aromatic carbocycles. The second-order valence-electron chi connectivity index (χ2n) is 11.8. The average molecular weight is 489 g/mol. The van der Waals surface area contributed by atoms with Crippen molar-refractivity contribution in [3.05, 3.63) is 35.4 Å². The molecule has 1 aromatic rings. The zero-order chi connectivity index (χ0) is 26.6. The van der Waals surface area contributed by atoms with Crippen molar-refractivity contribution >= 4 is 11.7 Å². The first-order valence-electron chi connectivity index (χ1n) is 13.6. The molecule has 0 radical (unpaired) electrons. The van der Waals surface area contributed by atoms with E-state index in [1.165, 1.54) is 0 Å². The predicted molar refractivity (Wildman–Crippen MR) is 147 cm³/mol. The molecule has 2 atom stereocenters. The standard InChI is InChI=1S/C30H52N2O3/c1-10-23(5)21-26(20-22(3)4)27(33)24-12-14-25(15-13-24)28(34)32-29(6,7)17-19-35-30(8,9)16-18-31-11-2/h12-15,22-23,26,31H,10-11,16-21H2,1-9H3,(H,32,34). The average Bonchev–Trinajstić information content (AvgIpc) is 2.77. The molecule has 5 nitrogen and oxygen atoms in total. The van der Waals surface area contributed by atoms with E-state index in [-0.39, 0.29) is 23.2 Å². The van der Waals surface area contributed by atoms with Crippen LogP contribution in [0.4, 0.5) is 0 Å². The van der Waals surface area contributed by atoms with Crippen molar-refractivity contribution in [2.75, 3.05) is 19.7 Å². The van der Waals surface area contributed by atoms with Crippen molar-refractivity contribution in [2.45, 2.75) is 106 Å². The fraction of sp³-hybridized carbons (Fsp3) is 0.733. The van der Waals surface area contributed by atoms with Crippen LogP contribution in [0, 0.1) is 17.8 Å². The summed E-state index contributed by atoms with van der Waals surface area (Å²) in [6.45, 7) is 21.5. The molecule has 0 aliphatic rings. The molecular weight excluding hydrogens is 436 g/mol. The van der Waals surface area contributed by atoms with E-state index in [1.807, 2.05) is 26.0 Å². The molecule has 0 aromatic heterocycles. The van der Waals surface area contributed by atoms with Gasteiger partial charge in [-0.15, -0.1) is 0 Å². The van der Waals surface area contributed by atoms with Gasteiger partial charge in [0.1, 0.15) is 0 Å². The zero-order valence-electron chi connectivity index (χ0n) is 23.9. The molecule has 5 heteroatoms. The van der Waals surface area contributed by atoms with Crippen LogP contribution < -0.4 is 10.6 Å². The summed E-state index contributed by atoms with van der Waals surface area (Å²) in [6, 6.07) is 7.16. The summed E-state index contributed by atoms with van der Waals surface area (Å²) < 4.78 is 6.10. The maximum atomic E-state index is 13.2. The molecule has 200 valence electrons. The largest absolute Gasteiger partial charge is 0.375 e. The molecule has 0 saturated heterocycles. The summed E-state index contributed by atoms with van der Waals surface area (Å²) in [6.07, 6.45) is 4.54. The number of carbonyl (C=O) groups excluding carboxylic acids is 2. The van der Waals surface area contributed by atoms with Crippen LogP contribution in [0.25, 0.3) is 0 Å². The van der Waals surface area contributed by atoms with Gasteiger partial charge in [0.25, 0.3) is 5.91 Å². The number of ketones is 1. The Morgan fingerprint density at radius 3 is 2.06 bits per heavy atom. The van der Waals surface area contributed by atoms with Gasteiger partial charge in [0.05, 0.1) is 5.60 Å². The second kappa shape index (κ2) is 14.7. The van der Waals surface area contributed by atoms with Crippen LogP contribution in [0.1, 0.15) is 115 Å². The number of carbonyl (C=O) groups is 2. The molecule has 2 unspecified atom stereocenters. The lowest BCUT2D eigenvalue weighted by Gasteiger charge is -2.30. The third-order valence-corrected chi connectivity index (χ3v) is 6.77. The van der Waals surface area contributed by atoms with E-state index in [2.05, 4.69) is 59.1 Å². The zero-order valence-corrected chi connectivity index (χ0v) is 23.9. The number of Topliss-reactive ketones (excluding diaryl/α,β-unsaturated/α-hetero) is 1. The Labute approximate surface area is 215 Å². The summed E-state index contributed by atoms with van der Waals surface area (Å²) >= 11 is 0. The Balaban J connectivity index is 2.70. The monoisotopic (exact) mass is 488 g/mol. The minimum absolute atomic E-state index is 0.0329. The third-order valence-electron chi connectivity index (χ3n) is 6.77. The summed E-state index contributed by atoms with van der Waals surface area (Å²) in [5.41, 5.74) is 0.668. The van der Waals surface area contributed by atoms with Gasteiger partial charge in [0.2, 0.25) is 0 Å². The Morgan fingerprint density at radius 2 is 1.51 bits per heavy atom. The van der Waals surface area contributed by atoms with E-state index in [4.69, 9.17) is 4.74 Å². The fourth-order valence-corrected chi connectivity index (χ4v) is 4.22. The number of hydrogen-bond acceptors (Lipinski definition) is 4. The molecule has 0 bridgehead atoms. The van der Waals surface area contributed by atoms with Gasteiger partial charge < -0.3 is 15.4 Å². The molecule has 0 saturated carbocycles. The number of rotatable bonds is 17. The number of nitrogens with one attached hydrogen (secondary N) is 2. The van der Waals surface area contributed by atoms with Crippen LogP contribution in [0.15, 0.2) is 24.3 Å². The Bertz CT molecular complexity index is 768. The van der Waals surface area contributed by atoms with E-state index in [1.54, 1.807) is 12.1 Å². The summed E-state index contributed by atoms with van der Waals surface area (Å²) in [5, 5.41) is 6.46. The minimum atomic E-state index is -0.401. The number of hydrogen-bond donors (Lipinski definition) is 2. The van der Waals surface area contributed by atoms with Gasteiger partial charge in [-0.05, 0) is 90.4 Å². The van der Waals surface area contributed by atoms with E-state index in [0.29, 0.717) is 36.0 Å². The van der Waals surface area contributed by atoms with Gasteiger partial charge in [-0.25, -0.2) is 0 Å². The lowest BCUT2D eigenvalue weighted by atomic mass is 9.82. The Kier molecular flexibility index (Phi) is 13.2. The molecule has 0 fully saturated rings. The highest BCUT2D eigenvalue weighted by Crippen LogP contribution is 2.26. The van der Waals surface area contributed by atoms with Gasteiger partial charge >= 0.3 is 0 Å². The second-order valence-corrected chi connectivity index (χ2v) is 11.8. The molecular formula is C30H52N2O3. The number of benzene rings is 1. The highest BCUT2D eigenvalue weighted by molar-refractivity contribution is 6.00. The van der Waals surface area contributed by atoms with Crippen LogP contribution in [-0.4, -0.2) is 42.5 Å². The van der Waals surface area contributed by atoms with Crippen molar-refractivity contribution in [1.82, 2.24) is 10.6 Å². The highest BCUT2D eigenvalue weighted by Gasteiger charge is 2.25. The Morgan fingerprint density at radius 1 is 0.914 bits per heavy atom. The quantitative estimate of drug-likeness (QED) is 0.190. The van der Waals surface area contributed by atoms with Crippen molar-refractivity contribution in [3.63, 3.8) is 0 Å². The lowest BCUT2D eigenvalue weighted by Crippen LogP contribution is -2.44. The molecule has 0 heterocycles. The van der Waals surface area contributed by atoms with Crippen molar-refractivity contribution in [1.29, 1.82) is 0 Å². The summed E-state index contributed by atoms with van der Waals surface area (Å²) in [7, 11) is 0. The first-order chi connectivity index (χ1) is 16.3. The minimum Gasteiger partial charge on any atom is -0.375 e. The van der Waals surface area contributed by atoms with Crippen molar-refractivity contribution in [2.24, 2.45) is 17.8 Å². The van der Waals surface area contributed by atoms with E-state index in [0.717, 1.165) is 38.8 Å². The molecule has 0 aliphatic heterocycles. The lowest BCUT2D eigenvalue weighted by molar-refractivity contribution is -0.0298. The third kappa shape index (κ3) is 12.2. The van der Waals surface area contributed by atoms with Crippen LogP contribution in [0.2, 0.25) is 0 Å². The summed E-state index contributed by atoms with van der Waals surface area (Å²) in [5.74, 6) is 1.10. The number of ether oxygens (including phenoxy) is 1. The van der Waals surface area contributed by atoms with Crippen LogP contribution in [0.3, 0.4) is 0 Å². The van der Waals surface area contributed by atoms with Crippen molar-refractivity contribution < 1.29 is 14.3 Å². The molecule has 2 N–H and O–H groups in total. The Hall–Kier alpha value is -1.72. The van der Waals surface area contributed by atoms with Crippen LogP contribution >= 0.6 is 0 Å². The molecule has 1 rings (SSSR count). The number of amides is 1. The smallest absolute Gasteiger partial charge is 0.251 e. The van der Waals surface area contributed by atoms with Gasteiger partial charge in [0.15, 0.2) is 5.78 Å². The normalized spacial score (nSPS) is 14.1. The maximum absolute atomic E-state index is 13.2. The molecule has 0 spiro atoms. The van der Waals surface area contributed by atoms with Crippen LogP contribution in [0.5, 0.6) is 0 Å². The SMILES string of the molecule is CCNCCC(C)(C)OCCC(C)(C)NC(=O)c1ccc(C(=O)C(CC(C)C)CC(C)CC)cc1. The predicted octanol–water partition coefficient (Wildman–Crippen LogP) is 6.66. The fourth-order valence-electron chi connectivity index (χ4n) is 4.22. The summed E-state index contributed by atoms with van der Waals surface area (Å²) in [4.78, 5) is 26.1. The van der Waals surface area contributed by atoms with Gasteiger partial charge in [-0.1, -0.05) is 53.2 Å². The van der Waals surface area contributed by atoms with Gasteiger partial charge in [-0.3, -0.25) is 9.59 Å². The van der Waals surface area contributed by atoms with Crippen LogP contribution in [-0.2, 0) is 4.74 Å². The maximum Gasteiger partial charge on any atom is 0.251 e. The molecule has 0 aliphatic carbocycles. The molecule has 1 amide bonds. The van der Waals surface area contributed by atoms with E-state index in [9.17, 15) is 9.59 Å². The van der Waals surface area contributed by atoms with E-state index >= 15 is 0 Å². The van der Waals surface area contributed by atoms with Gasteiger partial charge in [0, 0.05) is 29.2 Å². The highest BCUT2D eigenvalue weighted by atomic mass is 16.5. The first-order valence-corrected chi connectivity index (χ1v) is 13.6. The van der Waals surface area contributed by atoms with Gasteiger partial charge in [-0.2, -0.15) is 0 Å².